The Labute approximate surface area is 284 Å². The van der Waals surface area contributed by atoms with Gasteiger partial charge in [-0.05, 0) is 67.7 Å². The number of carbonyl (C=O) groups excluding carboxylic acids is 3. The highest BCUT2D eigenvalue weighted by Crippen LogP contribution is 2.46. The van der Waals surface area contributed by atoms with Gasteiger partial charge in [0, 0.05) is 18.8 Å². The van der Waals surface area contributed by atoms with Gasteiger partial charge in [0.25, 0.3) is 5.91 Å². The molecule has 1 aliphatic rings. The number of rotatable bonds is 11. The summed E-state index contributed by atoms with van der Waals surface area (Å²) in [7, 11) is 1.54. The van der Waals surface area contributed by atoms with Gasteiger partial charge in [-0.15, -0.1) is 0 Å². The Morgan fingerprint density at radius 3 is 2.07 bits per heavy atom. The van der Waals surface area contributed by atoms with E-state index in [1.54, 1.807) is 55.3 Å². The average Bonchev–Trinajstić information content (AvgIpc) is 3.24. The third-order valence-electron chi connectivity index (χ3n) is 6.57. The first-order valence-corrected chi connectivity index (χ1v) is 15.4. The van der Waals surface area contributed by atoms with E-state index >= 15 is 0 Å². The van der Waals surface area contributed by atoms with E-state index in [-0.39, 0.29) is 62.0 Å². The summed E-state index contributed by atoms with van der Waals surface area (Å²) in [6.07, 6.45) is -0.206. The van der Waals surface area contributed by atoms with Crippen LogP contribution in [-0.2, 0) is 14.3 Å². The highest BCUT2D eigenvalue weighted by Gasteiger charge is 2.44. The van der Waals surface area contributed by atoms with E-state index < -0.39 is 23.8 Å². The average molecular weight is 719 g/mol. The number of nitrogens with one attached hydrogen (secondary N) is 2. The Hall–Kier alpha value is -2.99. The van der Waals surface area contributed by atoms with Crippen LogP contribution in [0.1, 0.15) is 23.7 Å². The van der Waals surface area contributed by atoms with Crippen molar-refractivity contribution < 1.29 is 23.9 Å². The number of hydrogen-bond acceptors (Lipinski definition) is 7. The van der Waals surface area contributed by atoms with Gasteiger partial charge in [0.2, 0.25) is 5.91 Å². The van der Waals surface area contributed by atoms with Gasteiger partial charge in [-0.25, -0.2) is 4.79 Å². The van der Waals surface area contributed by atoms with Crippen LogP contribution in [0.3, 0.4) is 0 Å². The number of halogens is 5. The molecule has 0 saturated carbocycles. The van der Waals surface area contributed by atoms with Crippen LogP contribution >= 0.6 is 70.2 Å². The van der Waals surface area contributed by atoms with Crippen molar-refractivity contribution in [2.24, 2.45) is 0 Å². The number of methoxy groups -OCH3 is 1. The van der Waals surface area contributed by atoms with E-state index in [2.05, 4.69) is 10.6 Å². The summed E-state index contributed by atoms with van der Waals surface area (Å²) < 4.78 is 10.2. The Kier molecular flexibility index (Phi) is 11.4. The predicted octanol–water partition coefficient (Wildman–Crippen LogP) is 7.58. The minimum atomic E-state index is -0.949. The van der Waals surface area contributed by atoms with Crippen molar-refractivity contribution in [1.82, 2.24) is 4.90 Å². The Bertz CT molecular complexity index is 1560. The highest BCUT2D eigenvalue weighted by molar-refractivity contribution is 7.80. The number of esters is 1. The van der Waals surface area contributed by atoms with Gasteiger partial charge < -0.3 is 25.0 Å². The summed E-state index contributed by atoms with van der Waals surface area (Å²) in [6, 6.07) is 12.1. The Balaban J connectivity index is 1.57. The maximum atomic E-state index is 13.8. The zero-order valence-electron chi connectivity index (χ0n) is 23.3. The van der Waals surface area contributed by atoms with Crippen LogP contribution < -0.4 is 20.3 Å². The van der Waals surface area contributed by atoms with Gasteiger partial charge in [-0.3, -0.25) is 14.5 Å². The second kappa shape index (κ2) is 14.9. The standard InChI is InChI=1S/C29H25Cl5N4O5S/c1-3-43-28(41)15-4-8-17(9-5-15)38-27(40)19(14-20(39)36-16-6-10-18(42-2)11-7-16)37(29(38)44)13-12-35-26-24(33)22(31)21(30)23(32)25(26)34/h4-11,19,35H,3,12-14H2,1-2H3,(H,36,39)/t19-/m0/s1. The van der Waals surface area contributed by atoms with Crippen LogP contribution in [0.25, 0.3) is 0 Å². The molecule has 0 bridgehead atoms. The fourth-order valence-corrected chi connectivity index (χ4v) is 6.10. The van der Waals surface area contributed by atoms with Crippen LogP contribution in [0, 0.1) is 0 Å². The van der Waals surface area contributed by atoms with E-state index in [4.69, 9.17) is 79.7 Å². The molecule has 2 amide bonds. The highest BCUT2D eigenvalue weighted by atomic mass is 35.5. The lowest BCUT2D eigenvalue weighted by Gasteiger charge is -2.25. The number of nitrogens with zero attached hydrogens (tertiary/aromatic N) is 2. The minimum absolute atomic E-state index is 0.0211. The summed E-state index contributed by atoms with van der Waals surface area (Å²) in [5.41, 5.74) is 1.53. The molecule has 0 aliphatic carbocycles. The molecule has 1 fully saturated rings. The van der Waals surface area contributed by atoms with Gasteiger partial charge in [0.1, 0.15) is 11.8 Å². The maximum absolute atomic E-state index is 13.8. The lowest BCUT2D eigenvalue weighted by molar-refractivity contribution is -0.124. The normalized spacial score (nSPS) is 14.6. The minimum Gasteiger partial charge on any atom is -0.497 e. The molecule has 1 heterocycles. The topological polar surface area (TPSA) is 100 Å². The molecule has 1 saturated heterocycles. The van der Waals surface area contributed by atoms with E-state index in [9.17, 15) is 14.4 Å². The number of ether oxygens (including phenoxy) is 2. The SMILES string of the molecule is CCOC(=O)c1ccc(N2C(=O)[C@H](CC(=O)Nc3ccc(OC)cc3)N(CCNc3c(Cl)c(Cl)c(Cl)c(Cl)c3Cl)C2=S)cc1. The van der Waals surface area contributed by atoms with Gasteiger partial charge in [-0.2, -0.15) is 0 Å². The monoisotopic (exact) mass is 716 g/mol. The summed E-state index contributed by atoms with van der Waals surface area (Å²) in [4.78, 5) is 42.0. The van der Waals surface area contributed by atoms with Crippen molar-refractivity contribution >= 4 is 110 Å². The molecule has 44 heavy (non-hydrogen) atoms. The summed E-state index contributed by atoms with van der Waals surface area (Å²) >= 11 is 36.9. The molecule has 0 radical (unpaired) electrons. The third-order valence-corrected chi connectivity index (χ3v) is 9.27. The molecule has 3 aromatic rings. The van der Waals surface area contributed by atoms with Crippen molar-refractivity contribution in [3.63, 3.8) is 0 Å². The number of carbonyl (C=O) groups is 3. The third kappa shape index (κ3) is 7.28. The van der Waals surface area contributed by atoms with Crippen molar-refractivity contribution in [2.45, 2.75) is 19.4 Å². The van der Waals surface area contributed by atoms with Gasteiger partial charge >= 0.3 is 5.97 Å². The van der Waals surface area contributed by atoms with Crippen molar-refractivity contribution in [1.29, 1.82) is 0 Å². The molecule has 15 heteroatoms. The fourth-order valence-electron chi connectivity index (χ4n) is 4.41. The van der Waals surface area contributed by atoms with Crippen LogP contribution in [0.2, 0.25) is 25.1 Å². The first-order valence-electron chi connectivity index (χ1n) is 13.1. The molecular weight excluding hydrogens is 694 g/mol. The second-order valence-electron chi connectivity index (χ2n) is 9.29. The first-order chi connectivity index (χ1) is 21.0. The lowest BCUT2D eigenvalue weighted by atomic mass is 10.1. The molecule has 0 aromatic heterocycles. The Morgan fingerprint density at radius 1 is 0.909 bits per heavy atom. The number of amides is 2. The molecule has 4 rings (SSSR count). The maximum Gasteiger partial charge on any atom is 0.338 e. The zero-order valence-corrected chi connectivity index (χ0v) is 27.9. The second-order valence-corrected chi connectivity index (χ2v) is 11.5. The fraction of sp³-hybridized carbons (Fsp3) is 0.241. The molecule has 232 valence electrons. The molecular formula is C29H25Cl5N4O5S. The summed E-state index contributed by atoms with van der Waals surface area (Å²) in [5.74, 6) is -0.686. The molecule has 1 aliphatic heterocycles. The van der Waals surface area contributed by atoms with Crippen molar-refractivity contribution in [3.8, 4) is 5.75 Å². The summed E-state index contributed by atoms with van der Waals surface area (Å²) in [6.45, 7) is 2.27. The predicted molar refractivity (Wildman–Crippen MR) is 179 cm³/mol. The van der Waals surface area contributed by atoms with Gasteiger partial charge in [0.15, 0.2) is 5.11 Å². The smallest absolute Gasteiger partial charge is 0.338 e. The molecule has 1 atom stereocenters. The molecule has 0 unspecified atom stereocenters. The number of thiocarbonyl (C=S) groups is 1. The van der Waals surface area contributed by atoms with E-state index in [1.807, 2.05) is 0 Å². The summed E-state index contributed by atoms with van der Waals surface area (Å²) in [5, 5.41) is 6.26. The molecule has 9 nitrogen and oxygen atoms in total. The van der Waals surface area contributed by atoms with Crippen LogP contribution in [-0.4, -0.2) is 60.6 Å². The Morgan fingerprint density at radius 2 is 1.50 bits per heavy atom. The van der Waals surface area contributed by atoms with E-state index in [0.717, 1.165) is 0 Å². The largest absolute Gasteiger partial charge is 0.497 e. The zero-order chi connectivity index (χ0) is 32.1. The number of benzene rings is 3. The lowest BCUT2D eigenvalue weighted by Crippen LogP contribution is -2.40. The van der Waals surface area contributed by atoms with Crippen LogP contribution in [0.4, 0.5) is 17.1 Å². The molecule has 3 aromatic carbocycles. The first kappa shape index (κ1) is 33.9. The van der Waals surface area contributed by atoms with E-state index in [1.165, 1.54) is 17.0 Å². The molecule has 0 spiro atoms. The molecule has 2 N–H and O–H groups in total. The van der Waals surface area contributed by atoms with E-state index in [0.29, 0.717) is 22.7 Å². The number of anilines is 3. The van der Waals surface area contributed by atoms with Crippen molar-refractivity contribution in [2.75, 3.05) is 42.3 Å². The van der Waals surface area contributed by atoms with Crippen LogP contribution in [0.5, 0.6) is 5.75 Å². The van der Waals surface area contributed by atoms with Gasteiger partial charge in [-0.1, -0.05) is 58.0 Å². The van der Waals surface area contributed by atoms with Crippen molar-refractivity contribution in [3.05, 3.63) is 79.2 Å². The number of hydrogen-bond donors (Lipinski definition) is 2. The van der Waals surface area contributed by atoms with Crippen LogP contribution in [0.15, 0.2) is 48.5 Å². The van der Waals surface area contributed by atoms with Gasteiger partial charge in [0.05, 0.1) is 62.2 Å². The quantitative estimate of drug-likeness (QED) is 0.0907.